The molecular formula is C38H26IrN5. The van der Waals surface area contributed by atoms with Crippen molar-refractivity contribution in [3.63, 3.8) is 0 Å². The summed E-state index contributed by atoms with van der Waals surface area (Å²) in [5.74, 6) is 0. The Morgan fingerprint density at radius 2 is 1.61 bits per heavy atom. The van der Waals surface area contributed by atoms with Crippen molar-refractivity contribution in [1.29, 1.82) is 0 Å². The molecule has 10 rings (SSSR count). The zero-order chi connectivity index (χ0) is 28.5. The molecular weight excluding hydrogens is 719 g/mol. The van der Waals surface area contributed by atoms with Crippen LogP contribution in [0.3, 0.4) is 0 Å². The molecule has 44 heavy (non-hydrogen) atoms. The zero-order valence-corrected chi connectivity index (χ0v) is 26.3. The fraction of sp³-hybridized carbons (Fsp3) is 0.0789. The van der Waals surface area contributed by atoms with Crippen LogP contribution in [0, 0.1) is 18.9 Å². The summed E-state index contributed by atoms with van der Waals surface area (Å²) in [5, 5.41) is 7.39. The maximum Gasteiger partial charge on any atom is 3.00 e. The van der Waals surface area contributed by atoms with Gasteiger partial charge in [-0.2, -0.15) is 30.9 Å². The Labute approximate surface area is 268 Å². The second kappa shape index (κ2) is 10.5. The van der Waals surface area contributed by atoms with Crippen LogP contribution >= 0.6 is 0 Å². The average molecular weight is 745 g/mol. The van der Waals surface area contributed by atoms with E-state index in [1.165, 1.54) is 49.3 Å². The van der Waals surface area contributed by atoms with Gasteiger partial charge in [-0.1, -0.05) is 84.6 Å². The molecule has 3 aromatic heterocycles. The second-order valence-electron chi connectivity index (χ2n) is 11.3. The Hall–Kier alpha value is -4.61. The van der Waals surface area contributed by atoms with Gasteiger partial charge in [-0.05, 0) is 75.6 Å². The third-order valence-electron chi connectivity index (χ3n) is 8.87. The summed E-state index contributed by atoms with van der Waals surface area (Å²) in [4.78, 5) is 13.4. The van der Waals surface area contributed by atoms with Gasteiger partial charge in [0, 0.05) is 23.1 Å². The maximum absolute atomic E-state index is 4.61. The van der Waals surface area contributed by atoms with Crippen molar-refractivity contribution >= 4 is 54.6 Å². The Kier molecular flexibility index (Phi) is 6.46. The SMILES string of the molecule is CN1[CH-]N2c3[c-]cccc3-c3ccccc3C2C1.[Ir+3].[c-]1ncn2c1c1ncccc1c1c3ccc4ccccc4c3ccc12. The first-order valence-electron chi connectivity index (χ1n) is 14.6. The smallest absolute Gasteiger partial charge is 0.521 e. The topological polar surface area (TPSA) is 36.7 Å². The second-order valence-corrected chi connectivity index (χ2v) is 11.3. The summed E-state index contributed by atoms with van der Waals surface area (Å²) >= 11 is 0. The molecule has 8 aromatic rings. The number of anilines is 1. The van der Waals surface area contributed by atoms with Crippen molar-refractivity contribution in [1.82, 2.24) is 19.3 Å². The number of imidazole rings is 1. The van der Waals surface area contributed by atoms with Crippen molar-refractivity contribution in [3.05, 3.63) is 140 Å². The number of nitrogens with zero attached hydrogens (tertiary/aromatic N) is 5. The summed E-state index contributed by atoms with van der Waals surface area (Å²) in [6.07, 6.45) is 6.73. The molecule has 1 unspecified atom stereocenters. The molecule has 0 bridgehead atoms. The van der Waals surface area contributed by atoms with Gasteiger partial charge in [-0.3, -0.25) is 0 Å². The molecule has 0 N–H and O–H groups in total. The van der Waals surface area contributed by atoms with E-state index in [1.54, 1.807) is 0 Å². The fourth-order valence-corrected chi connectivity index (χ4v) is 7.02. The van der Waals surface area contributed by atoms with Crippen LogP contribution in [0.15, 0.2) is 116 Å². The quantitative estimate of drug-likeness (QED) is 0.116. The van der Waals surface area contributed by atoms with Crippen molar-refractivity contribution in [2.24, 2.45) is 0 Å². The van der Waals surface area contributed by atoms with E-state index in [4.69, 9.17) is 0 Å². The Morgan fingerprint density at radius 1 is 0.795 bits per heavy atom. The molecule has 2 aliphatic rings. The molecule has 1 saturated heterocycles. The third-order valence-corrected chi connectivity index (χ3v) is 8.87. The molecule has 2 aliphatic heterocycles. The standard InChI is InChI=1S/C22H12N3.C16H14N2.Ir/c1-2-5-15-14(4-1)7-8-17-16(15)9-10-19-21(17)18-6-3-11-24-22(18)20-12-23-13-25(19)20;1-17-10-16-14-8-3-2-6-12(14)13-7-4-5-9-15(13)18(16)11-17;/h1-11,13H;2-8,11,16H,10H2,1H3;/q-1;-2;+3. The fourth-order valence-electron chi connectivity index (χ4n) is 7.02. The van der Waals surface area contributed by atoms with Gasteiger partial charge in [0.25, 0.3) is 0 Å². The van der Waals surface area contributed by atoms with E-state index in [9.17, 15) is 0 Å². The van der Waals surface area contributed by atoms with E-state index in [0.717, 1.165) is 28.5 Å². The van der Waals surface area contributed by atoms with Crippen LogP contribution in [0.1, 0.15) is 11.6 Å². The number of rotatable bonds is 0. The molecule has 0 spiro atoms. The molecule has 1 atom stereocenters. The van der Waals surface area contributed by atoms with Gasteiger partial charge in [0.2, 0.25) is 0 Å². The van der Waals surface area contributed by atoms with Gasteiger partial charge in [0.15, 0.2) is 0 Å². The van der Waals surface area contributed by atoms with Crippen LogP contribution < -0.4 is 4.90 Å². The van der Waals surface area contributed by atoms with Crippen LogP contribution in [0.5, 0.6) is 0 Å². The van der Waals surface area contributed by atoms with Gasteiger partial charge in [-0.15, -0.1) is 11.3 Å². The number of para-hydroxylation sites is 1. The predicted molar refractivity (Wildman–Crippen MR) is 175 cm³/mol. The number of pyridine rings is 2. The molecule has 5 nitrogen and oxygen atoms in total. The minimum atomic E-state index is 0. The maximum atomic E-state index is 4.61. The normalized spacial score (nSPS) is 15.6. The molecule has 212 valence electrons. The van der Waals surface area contributed by atoms with Crippen LogP contribution in [0.4, 0.5) is 5.69 Å². The monoisotopic (exact) mass is 745 g/mol. The average Bonchev–Trinajstić information content (AvgIpc) is 3.72. The number of aromatic nitrogens is 3. The van der Waals surface area contributed by atoms with Gasteiger partial charge in [0.05, 0.1) is 0 Å². The van der Waals surface area contributed by atoms with Crippen LogP contribution in [-0.2, 0) is 20.1 Å². The van der Waals surface area contributed by atoms with E-state index in [0.29, 0.717) is 6.04 Å². The molecule has 0 aliphatic carbocycles. The van der Waals surface area contributed by atoms with Crippen LogP contribution in [0.25, 0.3) is 60.0 Å². The van der Waals surface area contributed by atoms with Gasteiger partial charge < -0.3 is 24.2 Å². The van der Waals surface area contributed by atoms with Crippen molar-refractivity contribution in [2.75, 3.05) is 18.5 Å². The predicted octanol–water partition coefficient (Wildman–Crippen LogP) is 8.22. The van der Waals surface area contributed by atoms with Gasteiger partial charge in [-0.25, -0.2) is 0 Å². The third kappa shape index (κ3) is 3.99. The molecule has 1 fully saturated rings. The van der Waals surface area contributed by atoms with Gasteiger partial charge >= 0.3 is 20.1 Å². The van der Waals surface area contributed by atoms with E-state index >= 15 is 0 Å². The summed E-state index contributed by atoms with van der Waals surface area (Å²) in [6.45, 7) is 3.23. The minimum absolute atomic E-state index is 0. The van der Waals surface area contributed by atoms with Gasteiger partial charge in [0.1, 0.15) is 0 Å². The number of hydrogen-bond acceptors (Lipinski definition) is 4. The van der Waals surface area contributed by atoms with Crippen LogP contribution in [0.2, 0.25) is 0 Å². The Balaban J connectivity index is 0.000000135. The molecule has 5 heterocycles. The summed E-state index contributed by atoms with van der Waals surface area (Å²) in [6, 6.07) is 40.3. The molecule has 5 aromatic carbocycles. The number of fused-ring (bicyclic) bond motifs is 16. The number of likely N-dealkylation sites (N-methyl/N-ethyl adjacent to an activating group) is 1. The van der Waals surface area contributed by atoms with E-state index in [2.05, 4.69) is 141 Å². The van der Waals surface area contributed by atoms with E-state index in [1.807, 2.05) is 24.7 Å². The molecule has 0 radical (unpaired) electrons. The molecule has 0 saturated carbocycles. The number of hydrogen-bond donors (Lipinski definition) is 0. The summed E-state index contributed by atoms with van der Waals surface area (Å²) in [7, 11) is 2.13. The number of benzene rings is 5. The Morgan fingerprint density at radius 3 is 2.57 bits per heavy atom. The van der Waals surface area contributed by atoms with Crippen LogP contribution in [-0.4, -0.2) is 32.9 Å². The largest absolute Gasteiger partial charge is 3.00 e. The van der Waals surface area contributed by atoms with E-state index < -0.39 is 0 Å². The molecule has 0 amide bonds. The molecule has 6 heteroatoms. The minimum Gasteiger partial charge on any atom is -0.521 e. The first-order valence-corrected chi connectivity index (χ1v) is 14.6. The zero-order valence-electron chi connectivity index (χ0n) is 23.9. The first-order chi connectivity index (χ1) is 21.3. The van der Waals surface area contributed by atoms with Crippen molar-refractivity contribution in [3.8, 4) is 11.1 Å². The first kappa shape index (κ1) is 27.0. The van der Waals surface area contributed by atoms with Crippen molar-refractivity contribution < 1.29 is 20.1 Å². The van der Waals surface area contributed by atoms with Crippen molar-refractivity contribution in [2.45, 2.75) is 6.04 Å². The Bertz CT molecular complexity index is 2310. The summed E-state index contributed by atoms with van der Waals surface area (Å²) < 4.78 is 2.08. The summed E-state index contributed by atoms with van der Waals surface area (Å²) in [5.41, 5.74) is 8.25. The van der Waals surface area contributed by atoms with E-state index in [-0.39, 0.29) is 20.1 Å².